The quantitative estimate of drug-likeness (QED) is 0.898. The molecule has 3 unspecified atom stereocenters. The van der Waals surface area contributed by atoms with Crippen LogP contribution in [0.15, 0.2) is 28.7 Å². The van der Waals surface area contributed by atoms with Crippen molar-refractivity contribution in [3.05, 3.63) is 34.3 Å². The average Bonchev–Trinajstić information content (AvgIpc) is 2.87. The lowest BCUT2D eigenvalue weighted by atomic mass is 9.73. The monoisotopic (exact) mass is 340 g/mol. The van der Waals surface area contributed by atoms with E-state index in [-0.39, 0.29) is 11.5 Å². The largest absolute Gasteiger partial charge is 0.385 e. The molecule has 1 spiro atoms. The molecule has 4 heteroatoms. The third kappa shape index (κ3) is 2.67. The Balaban J connectivity index is 1.83. The zero-order valence-corrected chi connectivity index (χ0v) is 13.4. The molecule has 1 N–H and O–H groups in total. The second kappa shape index (κ2) is 5.41. The summed E-state index contributed by atoms with van der Waals surface area (Å²) in [6.45, 7) is 4.07. The molecular weight excluding hydrogens is 320 g/mol. The predicted molar refractivity (Wildman–Crippen MR) is 80.6 cm³/mol. The van der Waals surface area contributed by atoms with Gasteiger partial charge in [-0.1, -0.05) is 28.1 Å². The fourth-order valence-electron chi connectivity index (χ4n) is 3.41. The summed E-state index contributed by atoms with van der Waals surface area (Å²) >= 11 is 3.48. The average molecular weight is 341 g/mol. The van der Waals surface area contributed by atoms with Gasteiger partial charge in [0.05, 0.1) is 17.8 Å². The number of aliphatic hydroxyl groups is 1. The van der Waals surface area contributed by atoms with Crippen LogP contribution in [0.5, 0.6) is 0 Å². The molecule has 2 saturated heterocycles. The molecule has 0 amide bonds. The summed E-state index contributed by atoms with van der Waals surface area (Å²) in [6, 6.07) is 7.96. The van der Waals surface area contributed by atoms with Crippen molar-refractivity contribution in [2.75, 3.05) is 19.8 Å². The molecule has 0 aromatic heterocycles. The van der Waals surface area contributed by atoms with Crippen LogP contribution in [0, 0.1) is 5.92 Å². The first kappa shape index (κ1) is 14.5. The molecule has 3 rings (SSSR count). The van der Waals surface area contributed by atoms with Crippen molar-refractivity contribution < 1.29 is 14.6 Å². The van der Waals surface area contributed by atoms with Gasteiger partial charge in [0.1, 0.15) is 0 Å². The predicted octanol–water partition coefficient (Wildman–Crippen LogP) is 3.24. The van der Waals surface area contributed by atoms with Crippen molar-refractivity contribution in [1.82, 2.24) is 0 Å². The van der Waals surface area contributed by atoms with Crippen LogP contribution in [0.3, 0.4) is 0 Å². The normalized spacial score (nSPS) is 33.2. The van der Waals surface area contributed by atoms with Crippen LogP contribution in [0.4, 0.5) is 0 Å². The van der Waals surface area contributed by atoms with Crippen molar-refractivity contribution in [2.45, 2.75) is 37.4 Å². The van der Waals surface area contributed by atoms with E-state index in [1.807, 2.05) is 31.2 Å². The van der Waals surface area contributed by atoms with Gasteiger partial charge in [0.2, 0.25) is 0 Å². The van der Waals surface area contributed by atoms with Crippen molar-refractivity contribution in [1.29, 1.82) is 0 Å². The van der Waals surface area contributed by atoms with Crippen LogP contribution in [0.25, 0.3) is 0 Å². The topological polar surface area (TPSA) is 38.7 Å². The first-order valence-electron chi connectivity index (χ1n) is 7.22. The lowest BCUT2D eigenvalue weighted by Gasteiger charge is -2.43. The fraction of sp³-hybridized carbons (Fsp3) is 0.625. The van der Waals surface area contributed by atoms with Gasteiger partial charge in [0.15, 0.2) is 0 Å². The van der Waals surface area contributed by atoms with Gasteiger partial charge in [-0.25, -0.2) is 0 Å². The van der Waals surface area contributed by atoms with Crippen LogP contribution < -0.4 is 0 Å². The summed E-state index contributed by atoms with van der Waals surface area (Å²) in [6.07, 6.45) is 2.70. The summed E-state index contributed by atoms with van der Waals surface area (Å²) < 4.78 is 12.5. The molecule has 2 heterocycles. The minimum Gasteiger partial charge on any atom is -0.385 e. The molecule has 20 heavy (non-hydrogen) atoms. The Kier molecular flexibility index (Phi) is 3.93. The molecule has 110 valence electrons. The number of hydrogen-bond acceptors (Lipinski definition) is 3. The van der Waals surface area contributed by atoms with Gasteiger partial charge < -0.3 is 14.6 Å². The molecule has 3 atom stereocenters. The van der Waals surface area contributed by atoms with E-state index in [4.69, 9.17) is 9.47 Å². The maximum absolute atomic E-state index is 11.1. The molecule has 0 radical (unpaired) electrons. The summed E-state index contributed by atoms with van der Waals surface area (Å²) in [5.74, 6) is 0.201. The highest BCUT2D eigenvalue weighted by Crippen LogP contribution is 2.44. The van der Waals surface area contributed by atoms with E-state index in [9.17, 15) is 5.11 Å². The van der Waals surface area contributed by atoms with Gasteiger partial charge in [-0.15, -0.1) is 0 Å². The zero-order valence-electron chi connectivity index (χ0n) is 11.8. The Morgan fingerprint density at radius 2 is 2.25 bits per heavy atom. The summed E-state index contributed by atoms with van der Waals surface area (Å²) in [4.78, 5) is 0. The van der Waals surface area contributed by atoms with E-state index in [0.29, 0.717) is 13.2 Å². The molecule has 2 aliphatic heterocycles. The summed E-state index contributed by atoms with van der Waals surface area (Å²) in [7, 11) is 0. The van der Waals surface area contributed by atoms with E-state index in [0.717, 1.165) is 35.9 Å². The summed E-state index contributed by atoms with van der Waals surface area (Å²) in [5, 5.41) is 11.1. The van der Waals surface area contributed by atoms with E-state index in [2.05, 4.69) is 15.9 Å². The van der Waals surface area contributed by atoms with Crippen LogP contribution in [0.2, 0.25) is 0 Å². The van der Waals surface area contributed by atoms with Crippen LogP contribution in [-0.4, -0.2) is 30.5 Å². The molecule has 0 saturated carbocycles. The maximum atomic E-state index is 11.1. The number of benzene rings is 1. The van der Waals surface area contributed by atoms with Crippen molar-refractivity contribution >= 4 is 15.9 Å². The molecule has 2 aliphatic rings. The van der Waals surface area contributed by atoms with Gasteiger partial charge >= 0.3 is 0 Å². The molecule has 0 bridgehead atoms. The van der Waals surface area contributed by atoms with Crippen LogP contribution in [-0.2, 0) is 15.1 Å². The first-order chi connectivity index (χ1) is 9.52. The second-order valence-electron chi connectivity index (χ2n) is 6.18. The van der Waals surface area contributed by atoms with Crippen LogP contribution in [0.1, 0.15) is 31.7 Å². The molecule has 2 fully saturated rings. The Labute approximate surface area is 128 Å². The van der Waals surface area contributed by atoms with Gasteiger partial charge in [0, 0.05) is 24.1 Å². The van der Waals surface area contributed by atoms with E-state index < -0.39 is 5.60 Å². The Bertz CT molecular complexity index is 480. The van der Waals surface area contributed by atoms with Crippen molar-refractivity contribution in [3.8, 4) is 0 Å². The molecule has 3 nitrogen and oxygen atoms in total. The summed E-state index contributed by atoms with van der Waals surface area (Å²) in [5.41, 5.74) is -0.0324. The smallest absolute Gasteiger partial charge is 0.0940 e. The van der Waals surface area contributed by atoms with Gasteiger partial charge in [-0.3, -0.25) is 0 Å². The number of hydrogen-bond donors (Lipinski definition) is 1. The highest BCUT2D eigenvalue weighted by molar-refractivity contribution is 9.10. The SMILES string of the molecule is CC(O)(c1cccc(Br)c1)C1CCOC2(CCOC2)C1. The second-order valence-corrected chi connectivity index (χ2v) is 7.10. The highest BCUT2D eigenvalue weighted by Gasteiger charge is 2.46. The molecule has 0 aliphatic carbocycles. The zero-order chi connectivity index (χ0) is 14.2. The van der Waals surface area contributed by atoms with Crippen LogP contribution >= 0.6 is 15.9 Å². The number of halogens is 1. The fourth-order valence-corrected chi connectivity index (χ4v) is 3.81. The van der Waals surface area contributed by atoms with Gasteiger partial charge in [-0.05, 0) is 43.4 Å². The first-order valence-corrected chi connectivity index (χ1v) is 8.01. The Hall–Kier alpha value is -0.420. The minimum absolute atomic E-state index is 0.168. The lowest BCUT2D eigenvalue weighted by molar-refractivity contribution is -0.140. The number of rotatable bonds is 2. The van der Waals surface area contributed by atoms with Gasteiger partial charge in [0.25, 0.3) is 0 Å². The van der Waals surface area contributed by atoms with E-state index in [1.165, 1.54) is 0 Å². The van der Waals surface area contributed by atoms with Crippen molar-refractivity contribution in [2.24, 2.45) is 5.92 Å². The standard InChI is InChI=1S/C16H21BrO3/c1-15(18,12-3-2-4-14(17)9-12)13-5-7-20-16(10-13)6-8-19-11-16/h2-4,9,13,18H,5-8,10-11H2,1H3. The third-order valence-electron chi connectivity index (χ3n) is 4.76. The molecule has 1 aromatic rings. The van der Waals surface area contributed by atoms with E-state index >= 15 is 0 Å². The van der Waals surface area contributed by atoms with Crippen molar-refractivity contribution in [3.63, 3.8) is 0 Å². The third-order valence-corrected chi connectivity index (χ3v) is 5.26. The Morgan fingerprint density at radius 3 is 2.95 bits per heavy atom. The highest BCUT2D eigenvalue weighted by atomic mass is 79.9. The minimum atomic E-state index is -0.830. The molecule has 1 aromatic carbocycles. The molecular formula is C16H21BrO3. The maximum Gasteiger partial charge on any atom is 0.0940 e. The van der Waals surface area contributed by atoms with Gasteiger partial charge in [-0.2, -0.15) is 0 Å². The van der Waals surface area contributed by atoms with E-state index in [1.54, 1.807) is 0 Å². The lowest BCUT2D eigenvalue weighted by Crippen LogP contribution is -2.46. The number of ether oxygens (including phenoxy) is 2. The Morgan fingerprint density at radius 1 is 1.40 bits per heavy atom.